The van der Waals surface area contributed by atoms with Crippen molar-refractivity contribution >= 4 is 6.09 Å². The van der Waals surface area contributed by atoms with E-state index >= 15 is 0 Å². The second kappa shape index (κ2) is 4.99. The fourth-order valence-electron chi connectivity index (χ4n) is 0.660. The van der Waals surface area contributed by atoms with E-state index in [4.69, 9.17) is 4.74 Å². The first-order valence-electron chi connectivity index (χ1n) is 3.92. The van der Waals surface area contributed by atoms with Crippen LogP contribution < -0.4 is 5.32 Å². The van der Waals surface area contributed by atoms with Crippen molar-refractivity contribution < 1.29 is 9.53 Å². The highest BCUT2D eigenvalue weighted by molar-refractivity contribution is 5.66. The molecule has 0 saturated carbocycles. The number of rotatable bonds is 3. The van der Waals surface area contributed by atoms with E-state index in [9.17, 15) is 4.79 Å². The van der Waals surface area contributed by atoms with Crippen molar-refractivity contribution in [2.45, 2.75) is 33.3 Å². The molecule has 3 heteroatoms. The Morgan fingerprint density at radius 3 is 2.45 bits per heavy atom. The van der Waals surface area contributed by atoms with Crippen LogP contribution in [-0.2, 0) is 4.74 Å². The summed E-state index contributed by atoms with van der Waals surface area (Å²) in [6.07, 6.45) is 0.507. The standard InChI is InChI=1S/C8H16NO2/c1-5-6(2)7(3)11-8(10)9-4/h6-7H,5H2,1-4H3. The molecule has 0 rings (SSSR count). The van der Waals surface area contributed by atoms with Gasteiger partial charge in [0.25, 0.3) is 0 Å². The second-order valence-corrected chi connectivity index (χ2v) is 2.70. The SMILES string of the molecule is CCC(C)C(C)OC(=O)[N]C. The monoisotopic (exact) mass is 158 g/mol. The molecule has 0 saturated heterocycles. The minimum Gasteiger partial charge on any atom is -0.445 e. The molecule has 0 spiro atoms. The van der Waals surface area contributed by atoms with E-state index in [0.29, 0.717) is 5.92 Å². The predicted octanol–water partition coefficient (Wildman–Crippen LogP) is 1.79. The van der Waals surface area contributed by atoms with Gasteiger partial charge in [0.05, 0.1) is 0 Å². The number of carbonyl (C=O) groups is 1. The first-order chi connectivity index (χ1) is 5.11. The third-order valence-electron chi connectivity index (χ3n) is 1.91. The minimum atomic E-state index is -0.474. The van der Waals surface area contributed by atoms with Crippen LogP contribution in [0.5, 0.6) is 0 Å². The summed E-state index contributed by atoms with van der Waals surface area (Å²) in [6.45, 7) is 6.00. The third-order valence-corrected chi connectivity index (χ3v) is 1.91. The molecule has 0 aromatic heterocycles. The Labute approximate surface area is 68.1 Å². The number of amides is 1. The minimum absolute atomic E-state index is 0.0313. The molecule has 0 heterocycles. The highest BCUT2D eigenvalue weighted by atomic mass is 16.6. The lowest BCUT2D eigenvalue weighted by Crippen LogP contribution is -2.24. The molecule has 0 aromatic carbocycles. The highest BCUT2D eigenvalue weighted by Gasteiger charge is 2.14. The van der Waals surface area contributed by atoms with E-state index in [2.05, 4.69) is 12.2 Å². The van der Waals surface area contributed by atoms with Gasteiger partial charge in [0, 0.05) is 7.05 Å². The van der Waals surface area contributed by atoms with Gasteiger partial charge in [-0.15, -0.1) is 0 Å². The van der Waals surface area contributed by atoms with Crippen LogP contribution >= 0.6 is 0 Å². The molecule has 3 nitrogen and oxygen atoms in total. The summed E-state index contributed by atoms with van der Waals surface area (Å²) in [7, 11) is 1.44. The Bertz CT molecular complexity index is 125. The largest absolute Gasteiger partial charge is 0.445 e. The summed E-state index contributed by atoms with van der Waals surface area (Å²) in [5, 5.41) is 3.38. The Kier molecular flexibility index (Phi) is 4.66. The van der Waals surface area contributed by atoms with Gasteiger partial charge < -0.3 is 4.74 Å². The van der Waals surface area contributed by atoms with Crippen molar-refractivity contribution in [2.75, 3.05) is 7.05 Å². The molecule has 0 N–H and O–H groups in total. The average Bonchev–Trinajstić information content (AvgIpc) is 2.02. The van der Waals surface area contributed by atoms with E-state index in [1.165, 1.54) is 7.05 Å². The average molecular weight is 158 g/mol. The molecule has 2 atom stereocenters. The van der Waals surface area contributed by atoms with Crippen molar-refractivity contribution in [3.05, 3.63) is 0 Å². The first kappa shape index (κ1) is 10.3. The molecule has 11 heavy (non-hydrogen) atoms. The summed E-state index contributed by atoms with van der Waals surface area (Å²) in [5.74, 6) is 0.403. The number of hydrogen-bond acceptors (Lipinski definition) is 2. The fourth-order valence-corrected chi connectivity index (χ4v) is 0.660. The molecule has 0 fully saturated rings. The number of carbonyl (C=O) groups excluding carboxylic acids is 1. The Hall–Kier alpha value is -0.730. The number of nitrogens with zero attached hydrogens (tertiary/aromatic N) is 1. The summed E-state index contributed by atoms with van der Waals surface area (Å²) in [5.41, 5.74) is 0. The van der Waals surface area contributed by atoms with Crippen molar-refractivity contribution in [3.63, 3.8) is 0 Å². The fraction of sp³-hybridized carbons (Fsp3) is 0.875. The molecule has 1 amide bonds. The first-order valence-corrected chi connectivity index (χ1v) is 3.92. The second-order valence-electron chi connectivity index (χ2n) is 2.70. The zero-order valence-corrected chi connectivity index (χ0v) is 7.63. The molecule has 1 radical (unpaired) electrons. The Balaban J connectivity index is 3.67. The molecule has 0 aromatic rings. The zero-order chi connectivity index (χ0) is 8.85. The predicted molar refractivity (Wildman–Crippen MR) is 43.5 cm³/mol. The molecular weight excluding hydrogens is 142 g/mol. The summed E-state index contributed by atoms with van der Waals surface area (Å²) in [4.78, 5) is 10.7. The lowest BCUT2D eigenvalue weighted by Gasteiger charge is -2.17. The summed E-state index contributed by atoms with van der Waals surface area (Å²) >= 11 is 0. The summed E-state index contributed by atoms with van der Waals surface area (Å²) < 4.78 is 4.95. The lowest BCUT2D eigenvalue weighted by atomic mass is 10.0. The molecule has 0 bridgehead atoms. The lowest BCUT2D eigenvalue weighted by molar-refractivity contribution is 0.0772. The van der Waals surface area contributed by atoms with Gasteiger partial charge in [-0.2, -0.15) is 0 Å². The van der Waals surface area contributed by atoms with Gasteiger partial charge in [-0.05, 0) is 12.8 Å². The maximum absolute atomic E-state index is 10.7. The topological polar surface area (TPSA) is 40.4 Å². The molecule has 2 unspecified atom stereocenters. The molecular formula is C8H16NO2. The van der Waals surface area contributed by atoms with Gasteiger partial charge in [-0.1, -0.05) is 20.3 Å². The molecule has 0 aliphatic rings. The van der Waals surface area contributed by atoms with Crippen LogP contribution in [0.1, 0.15) is 27.2 Å². The zero-order valence-electron chi connectivity index (χ0n) is 7.63. The van der Waals surface area contributed by atoms with Crippen LogP contribution in [0.25, 0.3) is 0 Å². The van der Waals surface area contributed by atoms with Crippen LogP contribution in [-0.4, -0.2) is 19.2 Å². The normalized spacial score (nSPS) is 15.3. The van der Waals surface area contributed by atoms with Gasteiger partial charge >= 0.3 is 6.09 Å². The Morgan fingerprint density at radius 2 is 2.09 bits per heavy atom. The van der Waals surface area contributed by atoms with Gasteiger partial charge in [0.2, 0.25) is 0 Å². The van der Waals surface area contributed by atoms with Gasteiger partial charge in [-0.3, -0.25) is 0 Å². The third kappa shape index (κ3) is 3.86. The molecule has 65 valence electrons. The van der Waals surface area contributed by atoms with Crippen molar-refractivity contribution in [1.29, 1.82) is 0 Å². The van der Waals surface area contributed by atoms with Crippen LogP contribution in [0.2, 0.25) is 0 Å². The highest BCUT2D eigenvalue weighted by Crippen LogP contribution is 2.10. The van der Waals surface area contributed by atoms with Crippen molar-refractivity contribution in [3.8, 4) is 0 Å². The van der Waals surface area contributed by atoms with Crippen LogP contribution in [0.3, 0.4) is 0 Å². The number of ether oxygens (including phenoxy) is 1. The van der Waals surface area contributed by atoms with E-state index < -0.39 is 6.09 Å². The van der Waals surface area contributed by atoms with E-state index in [1.807, 2.05) is 13.8 Å². The van der Waals surface area contributed by atoms with E-state index in [-0.39, 0.29) is 6.10 Å². The maximum Gasteiger partial charge on any atom is 0.428 e. The van der Waals surface area contributed by atoms with Gasteiger partial charge in [0.1, 0.15) is 6.10 Å². The van der Waals surface area contributed by atoms with E-state index in [1.54, 1.807) is 0 Å². The van der Waals surface area contributed by atoms with Crippen molar-refractivity contribution in [2.24, 2.45) is 5.92 Å². The smallest absolute Gasteiger partial charge is 0.428 e. The van der Waals surface area contributed by atoms with Crippen LogP contribution in [0.15, 0.2) is 0 Å². The van der Waals surface area contributed by atoms with Gasteiger partial charge in [0.15, 0.2) is 0 Å². The number of hydrogen-bond donors (Lipinski definition) is 0. The Morgan fingerprint density at radius 1 is 1.55 bits per heavy atom. The molecule has 0 aliphatic carbocycles. The molecule has 0 aliphatic heterocycles. The summed E-state index contributed by atoms with van der Waals surface area (Å²) in [6, 6.07) is 0. The van der Waals surface area contributed by atoms with Crippen molar-refractivity contribution in [1.82, 2.24) is 5.32 Å². The van der Waals surface area contributed by atoms with Gasteiger partial charge in [-0.25, -0.2) is 10.1 Å². The van der Waals surface area contributed by atoms with Crippen LogP contribution in [0.4, 0.5) is 4.79 Å². The van der Waals surface area contributed by atoms with E-state index in [0.717, 1.165) is 6.42 Å². The quantitative estimate of drug-likeness (QED) is 0.628. The van der Waals surface area contributed by atoms with Crippen LogP contribution in [0, 0.1) is 5.92 Å². The maximum atomic E-state index is 10.7.